The Balaban J connectivity index is 0.000000926. The second kappa shape index (κ2) is 14.4. The van der Waals surface area contributed by atoms with Crippen LogP contribution in [0.25, 0.3) is 0 Å². The van der Waals surface area contributed by atoms with Gasteiger partial charge in [-0.2, -0.15) is 8.75 Å². The zero-order chi connectivity index (χ0) is 26.7. The Morgan fingerprint density at radius 3 is 2.31 bits per heavy atom. The molecule has 1 amide bonds. The predicted molar refractivity (Wildman–Crippen MR) is 148 cm³/mol. The number of phenols is 1. The summed E-state index contributed by atoms with van der Waals surface area (Å²) in [5.41, 5.74) is 1.66. The van der Waals surface area contributed by atoms with Crippen LogP contribution in [-0.4, -0.2) is 38.8 Å². The molecule has 190 valence electrons. The summed E-state index contributed by atoms with van der Waals surface area (Å²) in [4.78, 5) is 13.8. The second-order valence-electron chi connectivity index (χ2n) is 8.69. The highest BCUT2D eigenvalue weighted by Gasteiger charge is 2.21. The highest BCUT2D eigenvalue weighted by atomic mass is 79.9. The number of phenolic OH excluding ortho intramolecular Hbond substituents is 1. The topological polar surface area (TPSA) is 104 Å². The van der Waals surface area contributed by atoms with Gasteiger partial charge in [0.15, 0.2) is 17.4 Å². The average molecular weight is 565 g/mol. The maximum Gasteiger partial charge on any atom is 0.258 e. The van der Waals surface area contributed by atoms with Gasteiger partial charge in [0, 0.05) is 18.6 Å². The second-order valence-corrected chi connectivity index (χ2v) is 10.1. The Bertz CT molecular complexity index is 1100. The first-order valence-electron chi connectivity index (χ1n) is 11.0. The summed E-state index contributed by atoms with van der Waals surface area (Å²) >= 11 is 4.35. The molecule has 0 spiro atoms. The molecule has 8 nitrogen and oxygen atoms in total. The van der Waals surface area contributed by atoms with Crippen molar-refractivity contribution in [3.63, 3.8) is 0 Å². The van der Waals surface area contributed by atoms with E-state index in [-0.39, 0.29) is 17.2 Å². The van der Waals surface area contributed by atoms with Crippen LogP contribution in [-0.2, 0) is 6.54 Å². The van der Waals surface area contributed by atoms with Gasteiger partial charge in [0.2, 0.25) is 0 Å². The lowest BCUT2D eigenvalue weighted by atomic mass is 10.1. The molecule has 0 unspecified atom stereocenters. The number of carbonyl (C=O) groups is 1. The minimum atomic E-state index is -0.313. The zero-order valence-electron chi connectivity index (χ0n) is 21.2. The molecule has 0 saturated heterocycles. The largest absolute Gasteiger partial charge is 0.505 e. The van der Waals surface area contributed by atoms with Crippen molar-refractivity contribution in [3.8, 4) is 18.6 Å². The van der Waals surface area contributed by atoms with E-state index in [0.717, 1.165) is 29.0 Å². The number of terminal acetylenes is 1. The van der Waals surface area contributed by atoms with Gasteiger partial charge in [-0.25, -0.2) is 0 Å². The van der Waals surface area contributed by atoms with E-state index >= 15 is 0 Å². The Labute approximate surface area is 220 Å². The molecule has 0 bridgehead atoms. The highest BCUT2D eigenvalue weighted by Crippen LogP contribution is 2.36. The fourth-order valence-electron chi connectivity index (χ4n) is 2.57. The first-order valence-corrected chi connectivity index (χ1v) is 12.5. The van der Waals surface area contributed by atoms with Crippen LogP contribution in [0, 0.1) is 18.8 Å². The molecule has 2 aromatic heterocycles. The molecule has 0 aliphatic carbocycles. The molecule has 3 N–H and O–H groups in total. The Morgan fingerprint density at radius 2 is 1.77 bits per heavy atom. The summed E-state index contributed by atoms with van der Waals surface area (Å²) in [7, 11) is 3.25. The first-order chi connectivity index (χ1) is 16.5. The van der Waals surface area contributed by atoms with Gasteiger partial charge >= 0.3 is 0 Å². The van der Waals surface area contributed by atoms with E-state index in [1.165, 1.54) is 4.90 Å². The van der Waals surface area contributed by atoms with Crippen LogP contribution in [0.1, 0.15) is 62.2 Å². The third-order valence-electron chi connectivity index (χ3n) is 4.26. The van der Waals surface area contributed by atoms with Gasteiger partial charge in [0.25, 0.3) is 5.91 Å². The number of aromatic nitrogens is 2. The number of nitrogens with one attached hydrogen (secondary N) is 2. The van der Waals surface area contributed by atoms with E-state index in [4.69, 9.17) is 4.42 Å². The molecule has 3 aromatic rings. The highest BCUT2D eigenvalue weighted by molar-refractivity contribution is 9.10. The molecule has 0 atom stereocenters. The number of hydrogen-bond acceptors (Lipinski definition) is 8. The van der Waals surface area contributed by atoms with Crippen molar-refractivity contribution < 1.29 is 14.3 Å². The summed E-state index contributed by atoms with van der Waals surface area (Å²) in [5.74, 6) is 2.52. The number of benzene rings is 1. The van der Waals surface area contributed by atoms with Crippen molar-refractivity contribution in [3.05, 3.63) is 45.8 Å². The standard InChI is InChI=1S/C19H22BrN5O3S.C4H10.C2H2/c1-10(2)11-7-12(28-9-11)8-21-17-18(24-29-23-17)22-14-6-5-13(20)15(16(14)26)19(27)25(3)4;1-4(2)3;1-2/h5-7,9-10,26H,8H2,1-4H3,(H,21,23)(H,22,24);4H,1-3H3;1-2H. The number of furan rings is 1. The van der Waals surface area contributed by atoms with Crippen LogP contribution in [0.2, 0.25) is 0 Å². The number of aromatic hydroxyl groups is 1. The van der Waals surface area contributed by atoms with E-state index in [2.05, 4.69) is 82.8 Å². The van der Waals surface area contributed by atoms with Crippen molar-refractivity contribution in [2.75, 3.05) is 24.7 Å². The summed E-state index contributed by atoms with van der Waals surface area (Å²) in [6, 6.07) is 5.36. The summed E-state index contributed by atoms with van der Waals surface area (Å²) in [5, 5.41) is 16.8. The number of carbonyl (C=O) groups excluding carboxylic acids is 1. The average Bonchev–Trinajstić information content (AvgIpc) is 3.44. The summed E-state index contributed by atoms with van der Waals surface area (Å²) in [6.45, 7) is 11.2. The molecule has 0 fully saturated rings. The van der Waals surface area contributed by atoms with Gasteiger partial charge in [-0.05, 0) is 51.5 Å². The third-order valence-corrected chi connectivity index (χ3v) is 5.45. The lowest BCUT2D eigenvalue weighted by Crippen LogP contribution is -2.22. The van der Waals surface area contributed by atoms with Crippen molar-refractivity contribution in [1.29, 1.82) is 0 Å². The Morgan fingerprint density at radius 1 is 1.17 bits per heavy atom. The first kappa shape index (κ1) is 30.0. The van der Waals surface area contributed by atoms with Gasteiger partial charge in [0.05, 0.1) is 35.8 Å². The fraction of sp³-hybridized carbons (Fsp3) is 0.400. The fourth-order valence-corrected chi connectivity index (χ4v) is 3.55. The molecule has 35 heavy (non-hydrogen) atoms. The normalized spacial score (nSPS) is 10.2. The maximum atomic E-state index is 12.4. The van der Waals surface area contributed by atoms with Crippen LogP contribution in [0.15, 0.2) is 33.4 Å². The summed E-state index contributed by atoms with van der Waals surface area (Å²) < 4.78 is 14.6. The van der Waals surface area contributed by atoms with E-state index in [9.17, 15) is 9.90 Å². The van der Waals surface area contributed by atoms with Crippen molar-refractivity contribution >= 4 is 50.9 Å². The van der Waals surface area contributed by atoms with Gasteiger partial charge in [-0.1, -0.05) is 34.6 Å². The lowest BCUT2D eigenvalue weighted by molar-refractivity contribution is 0.0824. The Hall–Kier alpha value is -3.03. The molecular formula is C25H34BrN5O3S. The van der Waals surface area contributed by atoms with Gasteiger partial charge < -0.3 is 25.1 Å². The van der Waals surface area contributed by atoms with E-state index in [1.54, 1.807) is 32.5 Å². The molecular weight excluding hydrogens is 530 g/mol. The van der Waals surface area contributed by atoms with E-state index in [1.807, 2.05) is 6.07 Å². The molecule has 3 rings (SSSR count). The monoisotopic (exact) mass is 563 g/mol. The molecule has 1 aromatic carbocycles. The predicted octanol–water partition coefficient (Wildman–Crippen LogP) is 6.69. The van der Waals surface area contributed by atoms with Crippen LogP contribution in [0.4, 0.5) is 17.3 Å². The quantitative estimate of drug-likeness (QED) is 0.217. The number of halogens is 1. The third kappa shape index (κ3) is 8.92. The molecule has 0 aliphatic heterocycles. The number of anilines is 3. The minimum absolute atomic E-state index is 0.162. The Kier molecular flexibility index (Phi) is 12.3. The van der Waals surface area contributed by atoms with Crippen molar-refractivity contribution in [2.45, 2.75) is 47.1 Å². The molecule has 0 radical (unpaired) electrons. The van der Waals surface area contributed by atoms with Crippen molar-refractivity contribution in [1.82, 2.24) is 13.6 Å². The number of hydrogen-bond donors (Lipinski definition) is 3. The van der Waals surface area contributed by atoms with Crippen LogP contribution in [0.5, 0.6) is 5.75 Å². The number of amides is 1. The zero-order valence-corrected chi connectivity index (χ0v) is 23.6. The smallest absolute Gasteiger partial charge is 0.258 e. The molecule has 0 aliphatic rings. The number of nitrogens with zero attached hydrogens (tertiary/aromatic N) is 3. The SMILES string of the molecule is C#C.CC(C)C.CC(C)c1coc(CNc2nsnc2Nc2ccc(Br)c(C(=O)N(C)C)c2O)c1. The maximum absolute atomic E-state index is 12.4. The summed E-state index contributed by atoms with van der Waals surface area (Å²) in [6.07, 6.45) is 9.75. The minimum Gasteiger partial charge on any atom is -0.505 e. The van der Waals surface area contributed by atoms with Crippen molar-refractivity contribution in [2.24, 2.45) is 5.92 Å². The van der Waals surface area contributed by atoms with Gasteiger partial charge in [0.1, 0.15) is 5.76 Å². The molecule has 2 heterocycles. The van der Waals surface area contributed by atoms with Crippen LogP contribution < -0.4 is 10.6 Å². The van der Waals surface area contributed by atoms with Crippen LogP contribution in [0.3, 0.4) is 0 Å². The molecule has 0 saturated carbocycles. The van der Waals surface area contributed by atoms with E-state index < -0.39 is 0 Å². The van der Waals surface area contributed by atoms with Crippen LogP contribution >= 0.6 is 27.7 Å². The van der Waals surface area contributed by atoms with E-state index in [0.29, 0.717) is 34.3 Å². The lowest BCUT2D eigenvalue weighted by Gasteiger charge is -2.16. The number of rotatable bonds is 7. The van der Waals surface area contributed by atoms with Gasteiger partial charge in [-0.3, -0.25) is 4.79 Å². The molecule has 10 heteroatoms. The van der Waals surface area contributed by atoms with Gasteiger partial charge in [-0.15, -0.1) is 12.8 Å².